The summed E-state index contributed by atoms with van der Waals surface area (Å²) in [4.78, 5) is 27.1. The van der Waals surface area contributed by atoms with Gasteiger partial charge in [0.1, 0.15) is 6.04 Å². The van der Waals surface area contributed by atoms with E-state index < -0.39 is 5.41 Å². The summed E-state index contributed by atoms with van der Waals surface area (Å²) >= 11 is 0. The van der Waals surface area contributed by atoms with Gasteiger partial charge in [-0.3, -0.25) is 15.0 Å². The van der Waals surface area contributed by atoms with Crippen LogP contribution in [0.3, 0.4) is 0 Å². The predicted octanol–water partition coefficient (Wildman–Crippen LogP) is 6.10. The minimum atomic E-state index is -0.951. The summed E-state index contributed by atoms with van der Waals surface area (Å²) in [5.41, 5.74) is 5.11. The molecule has 1 aliphatic heterocycles. The number of allylic oxidation sites excluding steroid dienone is 3. The largest absolute Gasteiger partial charge is 0.394 e. The van der Waals surface area contributed by atoms with E-state index in [1.165, 1.54) is 12.0 Å². The van der Waals surface area contributed by atoms with Crippen LogP contribution in [0.25, 0.3) is 0 Å². The highest BCUT2D eigenvalue weighted by molar-refractivity contribution is 5.97. The Labute approximate surface area is 288 Å². The van der Waals surface area contributed by atoms with Gasteiger partial charge in [-0.2, -0.15) is 5.26 Å². The molecule has 1 aromatic rings. The number of carbonyl (C=O) groups is 2. The molecule has 1 aromatic carbocycles. The number of likely N-dealkylation sites (tertiary alicyclic amines) is 1. The number of aryl methyl sites for hydroxylation is 1. The van der Waals surface area contributed by atoms with Gasteiger partial charge in [0, 0.05) is 32.2 Å². The molecule has 3 unspecified atom stereocenters. The quantitative estimate of drug-likeness (QED) is 0.0506. The lowest BCUT2D eigenvalue weighted by atomic mass is 9.66. The molecule has 1 aliphatic carbocycles. The number of hydrogen-bond acceptors (Lipinski definition) is 7. The summed E-state index contributed by atoms with van der Waals surface area (Å²) < 4.78 is 0. The van der Waals surface area contributed by atoms with E-state index in [2.05, 4.69) is 86.6 Å². The van der Waals surface area contributed by atoms with E-state index in [1.807, 2.05) is 26.1 Å². The molecular formula is C37H59N9O2. The van der Waals surface area contributed by atoms with Crippen molar-refractivity contribution in [2.45, 2.75) is 104 Å². The van der Waals surface area contributed by atoms with Crippen LogP contribution in [0.1, 0.15) is 102 Å². The molecule has 2 aliphatic rings. The van der Waals surface area contributed by atoms with Gasteiger partial charge < -0.3 is 26.7 Å². The smallest absolute Gasteiger partial charge is 0.251 e. The lowest BCUT2D eigenvalue weighted by Gasteiger charge is -2.39. The second-order valence-corrected chi connectivity index (χ2v) is 12.6. The van der Waals surface area contributed by atoms with Crippen molar-refractivity contribution in [1.82, 2.24) is 20.9 Å². The Hall–Kier alpha value is -4.30. The van der Waals surface area contributed by atoms with Crippen molar-refractivity contribution in [2.75, 3.05) is 27.2 Å². The average Bonchev–Trinajstić information content (AvgIpc) is 3.55. The first-order valence-corrected chi connectivity index (χ1v) is 16.9. The first-order valence-electron chi connectivity index (χ1n) is 16.9. The minimum Gasteiger partial charge on any atom is -0.394 e. The molecule has 1 heterocycles. The SMILES string of the molecule is C/C=C(\C)CC.C=CNC.CNC(=O)c1ccc2c(c1)CCC(C)=C(C)C2(CC(NCC(=O)N1CCCC1C#N)C(C)C)C(=N)N=NN. The lowest BCUT2D eigenvalue weighted by Crippen LogP contribution is -2.49. The van der Waals surface area contributed by atoms with Gasteiger partial charge in [-0.25, -0.2) is 0 Å². The highest BCUT2D eigenvalue weighted by atomic mass is 16.2. The molecule has 48 heavy (non-hydrogen) atoms. The number of nitrogens with one attached hydrogen (secondary N) is 4. The third kappa shape index (κ3) is 10.9. The molecule has 0 radical (unpaired) electrons. The van der Waals surface area contributed by atoms with Gasteiger partial charge in [-0.15, -0.1) is 5.11 Å². The molecule has 0 saturated carbocycles. The van der Waals surface area contributed by atoms with E-state index >= 15 is 0 Å². The maximum atomic E-state index is 13.0. The summed E-state index contributed by atoms with van der Waals surface area (Å²) in [7, 11) is 3.42. The van der Waals surface area contributed by atoms with Crippen LogP contribution >= 0.6 is 0 Å². The van der Waals surface area contributed by atoms with E-state index in [-0.39, 0.29) is 42.2 Å². The summed E-state index contributed by atoms with van der Waals surface area (Å²) in [5.74, 6) is 5.34. The summed E-state index contributed by atoms with van der Waals surface area (Å²) in [6.07, 6.45) is 8.45. The number of nitrogens with two attached hydrogens (primary N) is 1. The summed E-state index contributed by atoms with van der Waals surface area (Å²) in [6, 6.07) is 7.30. The molecule has 1 saturated heterocycles. The molecular weight excluding hydrogens is 602 g/mol. The standard InChI is InChI=1S/C28H40N8O2.C6H12.C3H7N/c1-17(2)24(33-16-25(37)36-12-6-7-22(36)15-29)14-28(27(30)34-35-31)19(4)18(3)8-9-20-13-21(26(38)32-5)10-11-23(20)28;1-4-6(3)5-2;1-3-4-2/h10-11,13,17,22,24,33H,6-9,12,14,16H2,1-5H3,(H,32,38)(H3,30,31,34);4H,5H2,1-3H3;3-4H,1H2,2H3/b;6-4+;. The molecule has 1 fully saturated rings. The van der Waals surface area contributed by atoms with Crippen molar-refractivity contribution in [1.29, 1.82) is 10.7 Å². The van der Waals surface area contributed by atoms with Crippen molar-refractivity contribution in [3.05, 3.63) is 70.5 Å². The van der Waals surface area contributed by atoms with Gasteiger partial charge in [-0.1, -0.05) is 61.4 Å². The van der Waals surface area contributed by atoms with Crippen LogP contribution in [0, 0.1) is 22.7 Å². The molecule has 264 valence electrons. The van der Waals surface area contributed by atoms with Crippen LogP contribution in [0.15, 0.2) is 64.1 Å². The molecule has 0 spiro atoms. The molecule has 0 aromatic heterocycles. The highest BCUT2D eigenvalue weighted by Crippen LogP contribution is 2.45. The molecule has 0 bridgehead atoms. The number of fused-ring (bicyclic) bond motifs is 1. The fourth-order valence-corrected chi connectivity index (χ4v) is 5.98. The molecule has 11 heteroatoms. The second kappa shape index (κ2) is 20.8. The Morgan fingerprint density at radius 2 is 1.94 bits per heavy atom. The third-order valence-electron chi connectivity index (χ3n) is 9.49. The Bertz CT molecular complexity index is 1390. The fourth-order valence-electron chi connectivity index (χ4n) is 5.98. The number of rotatable bonds is 10. The van der Waals surface area contributed by atoms with E-state index in [9.17, 15) is 14.9 Å². The van der Waals surface area contributed by atoms with Gasteiger partial charge >= 0.3 is 0 Å². The molecule has 11 nitrogen and oxygen atoms in total. The zero-order valence-corrected chi connectivity index (χ0v) is 30.7. The zero-order valence-electron chi connectivity index (χ0n) is 30.7. The van der Waals surface area contributed by atoms with Crippen LogP contribution in [-0.4, -0.2) is 61.8 Å². The van der Waals surface area contributed by atoms with Crippen LogP contribution in [0.4, 0.5) is 0 Å². The van der Waals surface area contributed by atoms with Gasteiger partial charge in [0.2, 0.25) is 5.91 Å². The number of hydrogen-bond donors (Lipinski definition) is 5. The number of nitrogens with zero attached hydrogens (tertiary/aromatic N) is 4. The van der Waals surface area contributed by atoms with Crippen molar-refractivity contribution in [3.8, 4) is 6.07 Å². The average molecular weight is 662 g/mol. The zero-order chi connectivity index (χ0) is 36.4. The van der Waals surface area contributed by atoms with Crippen molar-refractivity contribution >= 4 is 17.6 Å². The first kappa shape index (κ1) is 41.7. The molecule has 6 N–H and O–H groups in total. The van der Waals surface area contributed by atoms with E-state index in [4.69, 9.17) is 11.3 Å². The van der Waals surface area contributed by atoms with Gasteiger partial charge in [0.05, 0.1) is 18.0 Å². The monoisotopic (exact) mass is 661 g/mol. The number of carbonyl (C=O) groups excluding carboxylic acids is 2. The molecule has 2 amide bonds. The number of nitriles is 1. The van der Waals surface area contributed by atoms with E-state index in [0.29, 0.717) is 24.9 Å². The number of amidine groups is 1. The minimum absolute atomic E-state index is 0.0237. The maximum absolute atomic E-state index is 13.0. The normalized spacial score (nSPS) is 19.6. The first-order chi connectivity index (χ1) is 22.8. The summed E-state index contributed by atoms with van der Waals surface area (Å²) in [5, 5.41) is 34.9. The Balaban J connectivity index is 0.00000100. The topological polar surface area (TPSA) is 172 Å². The van der Waals surface area contributed by atoms with Crippen LogP contribution in [0.5, 0.6) is 0 Å². The second-order valence-electron chi connectivity index (χ2n) is 12.6. The maximum Gasteiger partial charge on any atom is 0.251 e. The Kier molecular flexibility index (Phi) is 18.1. The fraction of sp³-hybridized carbons (Fsp3) is 0.568. The highest BCUT2D eigenvalue weighted by Gasteiger charge is 2.45. The Morgan fingerprint density at radius 3 is 2.44 bits per heavy atom. The van der Waals surface area contributed by atoms with Crippen molar-refractivity contribution in [2.24, 2.45) is 22.1 Å². The van der Waals surface area contributed by atoms with Crippen molar-refractivity contribution in [3.63, 3.8) is 0 Å². The summed E-state index contributed by atoms with van der Waals surface area (Å²) in [6.45, 7) is 18.7. The van der Waals surface area contributed by atoms with Crippen LogP contribution in [0.2, 0.25) is 0 Å². The number of amides is 2. The number of benzene rings is 1. The van der Waals surface area contributed by atoms with E-state index in [1.54, 1.807) is 24.2 Å². The van der Waals surface area contributed by atoms with Gasteiger partial charge in [0.15, 0.2) is 5.84 Å². The van der Waals surface area contributed by atoms with Crippen molar-refractivity contribution < 1.29 is 9.59 Å². The third-order valence-corrected chi connectivity index (χ3v) is 9.49. The van der Waals surface area contributed by atoms with Gasteiger partial charge in [0.25, 0.3) is 5.91 Å². The lowest BCUT2D eigenvalue weighted by molar-refractivity contribution is -0.130. The van der Waals surface area contributed by atoms with Gasteiger partial charge in [-0.05, 0) is 102 Å². The van der Waals surface area contributed by atoms with E-state index in [0.717, 1.165) is 41.5 Å². The predicted molar refractivity (Wildman–Crippen MR) is 196 cm³/mol. The molecule has 3 atom stereocenters. The Morgan fingerprint density at radius 1 is 1.27 bits per heavy atom. The van der Waals surface area contributed by atoms with Crippen LogP contribution < -0.4 is 21.8 Å². The van der Waals surface area contributed by atoms with Crippen LogP contribution in [-0.2, 0) is 16.6 Å². The molecule has 3 rings (SSSR count).